The zero-order chi connectivity index (χ0) is 14.7. The Morgan fingerprint density at radius 1 is 1.20 bits per heavy atom. The molecule has 0 N–H and O–H groups in total. The maximum Gasteiger partial charge on any atom is 0.159 e. The fourth-order valence-electron chi connectivity index (χ4n) is 1.65. The number of Topliss-reactive ketones (excluding diaryl/α,β-unsaturated/α-hetero) is 1. The fraction of sp³-hybridized carbons (Fsp3) is 0.133. The second-order valence-corrected chi connectivity index (χ2v) is 4.63. The Bertz CT molecular complexity index is 656. The highest BCUT2D eigenvalue weighted by atomic mass is 35.5. The van der Waals surface area contributed by atoms with Gasteiger partial charge in [-0.2, -0.15) is 0 Å². The summed E-state index contributed by atoms with van der Waals surface area (Å²) in [6.07, 6.45) is 0. The van der Waals surface area contributed by atoms with E-state index >= 15 is 0 Å². The highest BCUT2D eigenvalue weighted by Gasteiger charge is 2.09. The van der Waals surface area contributed by atoms with Crippen molar-refractivity contribution in [3.63, 3.8) is 0 Å². The molecular formula is C15H11ClF2O2. The van der Waals surface area contributed by atoms with E-state index in [0.717, 1.165) is 18.2 Å². The van der Waals surface area contributed by atoms with Gasteiger partial charge in [0.15, 0.2) is 5.78 Å². The Kier molecular flexibility index (Phi) is 4.35. The van der Waals surface area contributed by atoms with E-state index in [9.17, 15) is 13.6 Å². The molecule has 2 aromatic carbocycles. The largest absolute Gasteiger partial charge is 0.487 e. The predicted molar refractivity (Wildman–Crippen MR) is 72.1 cm³/mol. The monoisotopic (exact) mass is 296 g/mol. The number of rotatable bonds is 4. The standard InChI is InChI=1S/C15H11ClF2O2/c1-9(19)10-2-5-15(13(16)7-10)20-8-11-6-12(17)3-4-14(11)18/h2-7H,8H2,1H3. The van der Waals surface area contributed by atoms with Gasteiger partial charge in [0.1, 0.15) is 24.0 Å². The van der Waals surface area contributed by atoms with Gasteiger partial charge in [-0.25, -0.2) is 8.78 Å². The Balaban J connectivity index is 2.15. The lowest BCUT2D eigenvalue weighted by Crippen LogP contribution is -2.00. The number of ketones is 1. The molecule has 0 radical (unpaired) electrons. The second kappa shape index (κ2) is 6.01. The molecule has 0 aliphatic rings. The van der Waals surface area contributed by atoms with E-state index in [-0.39, 0.29) is 23.0 Å². The topological polar surface area (TPSA) is 26.3 Å². The van der Waals surface area contributed by atoms with Gasteiger partial charge in [0.2, 0.25) is 0 Å². The molecule has 0 saturated carbocycles. The van der Waals surface area contributed by atoms with Crippen molar-refractivity contribution < 1.29 is 18.3 Å². The highest BCUT2D eigenvalue weighted by molar-refractivity contribution is 6.32. The molecule has 0 aliphatic carbocycles. The molecule has 0 fully saturated rings. The van der Waals surface area contributed by atoms with Gasteiger partial charge in [-0.1, -0.05) is 11.6 Å². The van der Waals surface area contributed by atoms with Crippen LogP contribution in [0.5, 0.6) is 5.75 Å². The molecule has 2 rings (SSSR count). The van der Waals surface area contributed by atoms with Gasteiger partial charge < -0.3 is 4.74 Å². The first-order chi connectivity index (χ1) is 9.47. The number of halogens is 3. The fourth-order valence-corrected chi connectivity index (χ4v) is 1.88. The lowest BCUT2D eigenvalue weighted by molar-refractivity contribution is 0.101. The van der Waals surface area contributed by atoms with Crippen LogP contribution in [-0.2, 0) is 6.61 Å². The Morgan fingerprint density at radius 2 is 1.95 bits per heavy atom. The number of benzene rings is 2. The third-order valence-corrected chi connectivity index (χ3v) is 3.02. The maximum absolute atomic E-state index is 13.4. The molecule has 2 aromatic rings. The average Bonchev–Trinajstić information content (AvgIpc) is 2.40. The van der Waals surface area contributed by atoms with E-state index in [4.69, 9.17) is 16.3 Å². The number of hydrogen-bond donors (Lipinski definition) is 0. The van der Waals surface area contributed by atoms with Crippen molar-refractivity contribution in [1.82, 2.24) is 0 Å². The smallest absolute Gasteiger partial charge is 0.159 e. The van der Waals surface area contributed by atoms with Gasteiger partial charge in [0.25, 0.3) is 0 Å². The normalized spacial score (nSPS) is 10.4. The molecule has 0 heterocycles. The number of hydrogen-bond acceptors (Lipinski definition) is 2. The quantitative estimate of drug-likeness (QED) is 0.782. The molecule has 0 aliphatic heterocycles. The van der Waals surface area contributed by atoms with Crippen LogP contribution in [0.1, 0.15) is 22.8 Å². The first-order valence-corrected chi connectivity index (χ1v) is 6.22. The van der Waals surface area contributed by atoms with E-state index in [1.807, 2.05) is 0 Å². The first kappa shape index (κ1) is 14.5. The third kappa shape index (κ3) is 3.33. The summed E-state index contributed by atoms with van der Waals surface area (Å²) in [5.41, 5.74) is 0.552. The van der Waals surface area contributed by atoms with Gasteiger partial charge in [-0.15, -0.1) is 0 Å². The second-order valence-electron chi connectivity index (χ2n) is 4.23. The minimum atomic E-state index is -0.553. The van der Waals surface area contributed by atoms with Crippen molar-refractivity contribution in [2.45, 2.75) is 13.5 Å². The Hall–Kier alpha value is -1.94. The molecule has 0 bridgehead atoms. The van der Waals surface area contributed by atoms with Crippen LogP contribution in [-0.4, -0.2) is 5.78 Å². The minimum absolute atomic E-state index is 0.0942. The number of ether oxygens (including phenoxy) is 1. The van der Waals surface area contributed by atoms with Crippen LogP contribution in [0.25, 0.3) is 0 Å². The molecule has 0 unspecified atom stereocenters. The van der Waals surface area contributed by atoms with Gasteiger partial charge in [0, 0.05) is 11.1 Å². The van der Waals surface area contributed by atoms with Crippen LogP contribution >= 0.6 is 11.6 Å². The Labute approximate surface area is 119 Å². The van der Waals surface area contributed by atoms with Crippen molar-refractivity contribution in [2.24, 2.45) is 0 Å². The maximum atomic E-state index is 13.4. The average molecular weight is 297 g/mol. The molecular weight excluding hydrogens is 286 g/mol. The van der Waals surface area contributed by atoms with Crippen LogP contribution < -0.4 is 4.74 Å². The van der Waals surface area contributed by atoms with Crippen LogP contribution in [0.2, 0.25) is 5.02 Å². The lowest BCUT2D eigenvalue weighted by atomic mass is 10.1. The molecule has 0 spiro atoms. The molecule has 0 aromatic heterocycles. The van der Waals surface area contributed by atoms with Crippen LogP contribution in [0.3, 0.4) is 0 Å². The lowest BCUT2D eigenvalue weighted by Gasteiger charge is -2.09. The summed E-state index contributed by atoms with van der Waals surface area (Å²) in [6, 6.07) is 7.69. The minimum Gasteiger partial charge on any atom is -0.487 e. The first-order valence-electron chi connectivity index (χ1n) is 5.84. The summed E-state index contributed by atoms with van der Waals surface area (Å²) in [4.78, 5) is 11.2. The SMILES string of the molecule is CC(=O)c1ccc(OCc2cc(F)ccc2F)c(Cl)c1. The zero-order valence-corrected chi connectivity index (χ0v) is 11.4. The van der Waals surface area contributed by atoms with Crippen LogP contribution in [0.4, 0.5) is 8.78 Å². The summed E-state index contributed by atoms with van der Waals surface area (Å²) in [5, 5.41) is 0.245. The molecule has 0 amide bonds. The van der Waals surface area contributed by atoms with Gasteiger partial charge in [-0.3, -0.25) is 4.79 Å². The van der Waals surface area contributed by atoms with Gasteiger partial charge in [-0.05, 0) is 43.3 Å². The van der Waals surface area contributed by atoms with Gasteiger partial charge in [0.05, 0.1) is 5.02 Å². The highest BCUT2D eigenvalue weighted by Crippen LogP contribution is 2.26. The van der Waals surface area contributed by atoms with E-state index in [1.165, 1.54) is 19.1 Å². The predicted octanol–water partition coefficient (Wildman–Crippen LogP) is 4.40. The summed E-state index contributed by atoms with van der Waals surface area (Å²) in [5.74, 6) is -0.902. The molecule has 0 saturated heterocycles. The molecule has 2 nitrogen and oxygen atoms in total. The van der Waals surface area contributed by atoms with Crippen molar-refractivity contribution >= 4 is 17.4 Å². The summed E-state index contributed by atoms with van der Waals surface area (Å²) >= 11 is 5.97. The zero-order valence-electron chi connectivity index (χ0n) is 10.6. The van der Waals surface area contributed by atoms with Crippen LogP contribution in [0, 0.1) is 11.6 Å². The van der Waals surface area contributed by atoms with E-state index < -0.39 is 11.6 Å². The number of carbonyl (C=O) groups excluding carboxylic acids is 1. The summed E-state index contributed by atoms with van der Waals surface area (Å²) in [6.45, 7) is 1.27. The molecule has 0 atom stereocenters. The third-order valence-electron chi connectivity index (χ3n) is 2.73. The Morgan fingerprint density at radius 3 is 2.60 bits per heavy atom. The van der Waals surface area contributed by atoms with Crippen molar-refractivity contribution in [2.75, 3.05) is 0 Å². The molecule has 5 heteroatoms. The van der Waals surface area contributed by atoms with E-state index in [2.05, 4.69) is 0 Å². The molecule has 20 heavy (non-hydrogen) atoms. The van der Waals surface area contributed by atoms with Crippen molar-refractivity contribution in [3.8, 4) is 5.75 Å². The van der Waals surface area contributed by atoms with E-state index in [0.29, 0.717) is 11.3 Å². The van der Waals surface area contributed by atoms with Crippen molar-refractivity contribution in [1.29, 1.82) is 0 Å². The van der Waals surface area contributed by atoms with Crippen LogP contribution in [0.15, 0.2) is 36.4 Å². The number of carbonyl (C=O) groups is 1. The van der Waals surface area contributed by atoms with E-state index in [1.54, 1.807) is 6.07 Å². The summed E-state index contributed by atoms with van der Waals surface area (Å²) in [7, 11) is 0. The molecule has 104 valence electrons. The van der Waals surface area contributed by atoms with Gasteiger partial charge >= 0.3 is 0 Å². The van der Waals surface area contributed by atoms with Crippen molar-refractivity contribution in [3.05, 3.63) is 64.2 Å². The summed E-state index contributed by atoms with van der Waals surface area (Å²) < 4.78 is 31.8.